The molecule has 0 saturated heterocycles. The zero-order chi connectivity index (χ0) is 11.2. The van der Waals surface area contributed by atoms with Crippen LogP contribution in [0.3, 0.4) is 0 Å². The zero-order valence-electron chi connectivity index (χ0n) is 8.85. The molecule has 0 aliphatic carbocycles. The minimum atomic E-state index is -2.66. The van der Waals surface area contributed by atoms with Crippen LogP contribution >= 0.6 is 40.7 Å². The second-order valence-electron chi connectivity index (χ2n) is 2.53. The lowest BCUT2D eigenvalue weighted by molar-refractivity contribution is 0.152. The first-order valence-corrected chi connectivity index (χ1v) is 11.8. The Bertz CT molecular complexity index is 161. The first kappa shape index (κ1) is 15.5. The third-order valence-electron chi connectivity index (χ3n) is 1.74. The van der Waals surface area contributed by atoms with Crippen molar-refractivity contribution < 1.29 is 13.3 Å². The number of hydrogen-bond donors (Lipinski definition) is 2. The molecule has 88 valence electrons. The van der Waals surface area contributed by atoms with Crippen LogP contribution in [0, 0.1) is 0 Å². The summed E-state index contributed by atoms with van der Waals surface area (Å²) in [6, 6.07) is 0. The van der Waals surface area contributed by atoms with Crippen LogP contribution in [0.1, 0.15) is 13.3 Å². The molecular formula is C6H18O3S4Si. The predicted molar refractivity (Wildman–Crippen MR) is 75.1 cm³/mol. The smallest absolute Gasteiger partial charge is 0.369 e. The van der Waals surface area contributed by atoms with Crippen LogP contribution in [-0.4, -0.2) is 35.0 Å². The van der Waals surface area contributed by atoms with E-state index >= 15 is 0 Å². The fraction of sp³-hybridized carbons (Fsp3) is 1.00. The fourth-order valence-electron chi connectivity index (χ4n) is 1.13. The molecule has 1 unspecified atom stereocenters. The minimum Gasteiger partial charge on any atom is -0.369 e. The van der Waals surface area contributed by atoms with Gasteiger partial charge in [-0.1, -0.05) is 14.5 Å². The highest BCUT2D eigenvalue weighted by Crippen LogP contribution is 2.72. The largest absolute Gasteiger partial charge is 0.574 e. The van der Waals surface area contributed by atoms with Crippen molar-refractivity contribution in [2.24, 2.45) is 0 Å². The van der Waals surface area contributed by atoms with Gasteiger partial charge in [-0.15, -0.1) is 23.3 Å². The van der Waals surface area contributed by atoms with Crippen LogP contribution in [0.25, 0.3) is 0 Å². The summed E-state index contributed by atoms with van der Waals surface area (Å²) in [5.74, 6) is 0.909. The highest BCUT2D eigenvalue weighted by Gasteiger charge is 2.54. The van der Waals surface area contributed by atoms with E-state index < -0.39 is 15.5 Å². The van der Waals surface area contributed by atoms with Crippen LogP contribution in [-0.2, 0) is 13.3 Å². The summed E-state index contributed by atoms with van der Waals surface area (Å²) in [5.41, 5.74) is 0. The molecule has 0 aliphatic heterocycles. The lowest BCUT2D eigenvalue weighted by atomic mass is 10.6. The van der Waals surface area contributed by atoms with Crippen LogP contribution < -0.4 is 0 Å². The minimum absolute atomic E-state index is 0.909. The van der Waals surface area contributed by atoms with Crippen molar-refractivity contribution in [1.29, 1.82) is 0 Å². The first-order valence-electron chi connectivity index (χ1n) is 4.07. The molecule has 14 heavy (non-hydrogen) atoms. The van der Waals surface area contributed by atoms with Crippen molar-refractivity contribution in [3.8, 4) is 0 Å². The average molecular weight is 295 g/mol. The molecule has 3 nitrogen and oxygen atoms in total. The molecule has 1 atom stereocenters. The van der Waals surface area contributed by atoms with E-state index in [9.17, 15) is 0 Å². The SMILES string of the molecule is CCCS(S)(SS)[Si](OC)(OC)OC. The van der Waals surface area contributed by atoms with E-state index in [1.807, 2.05) is 0 Å². The molecule has 0 aliphatic rings. The molecular weight excluding hydrogens is 276 g/mol. The summed E-state index contributed by atoms with van der Waals surface area (Å²) in [5, 5.41) is 0. The maximum Gasteiger partial charge on any atom is 0.574 e. The highest BCUT2D eigenvalue weighted by atomic mass is 33.8. The van der Waals surface area contributed by atoms with Gasteiger partial charge in [-0.3, -0.25) is 0 Å². The Morgan fingerprint density at radius 2 is 1.64 bits per heavy atom. The van der Waals surface area contributed by atoms with Gasteiger partial charge in [-0.2, -0.15) is 0 Å². The summed E-state index contributed by atoms with van der Waals surface area (Å²) in [6.07, 6.45) is 1.01. The Labute approximate surface area is 102 Å². The summed E-state index contributed by atoms with van der Waals surface area (Å²) in [4.78, 5) is 0. The topological polar surface area (TPSA) is 27.7 Å². The molecule has 0 amide bonds. The van der Waals surface area contributed by atoms with Crippen LogP contribution in [0.4, 0.5) is 0 Å². The normalized spacial score (nSPS) is 19.0. The molecule has 0 N–H and O–H groups in total. The van der Waals surface area contributed by atoms with Crippen molar-refractivity contribution in [3.05, 3.63) is 0 Å². The Balaban J connectivity index is 4.90. The van der Waals surface area contributed by atoms with Gasteiger partial charge in [0.1, 0.15) is 0 Å². The Morgan fingerprint density at radius 1 is 1.21 bits per heavy atom. The van der Waals surface area contributed by atoms with E-state index in [1.165, 1.54) is 9.83 Å². The van der Waals surface area contributed by atoms with E-state index in [-0.39, 0.29) is 0 Å². The van der Waals surface area contributed by atoms with Crippen LogP contribution in [0.15, 0.2) is 0 Å². The summed E-state index contributed by atoms with van der Waals surface area (Å²) in [6.45, 7) is 2.10. The summed E-state index contributed by atoms with van der Waals surface area (Å²) >= 11 is 8.94. The Kier molecular flexibility index (Phi) is 7.69. The molecule has 0 spiro atoms. The maximum atomic E-state index is 5.43. The molecule has 0 heterocycles. The first-order chi connectivity index (χ1) is 6.55. The quantitative estimate of drug-likeness (QED) is 0.429. The van der Waals surface area contributed by atoms with Crippen LogP contribution in [0.5, 0.6) is 0 Å². The summed E-state index contributed by atoms with van der Waals surface area (Å²) < 4.78 is 16.3. The second kappa shape index (κ2) is 6.95. The Morgan fingerprint density at radius 3 is 1.86 bits per heavy atom. The molecule has 0 fully saturated rings. The predicted octanol–water partition coefficient (Wildman–Crippen LogP) is 2.91. The van der Waals surface area contributed by atoms with Crippen molar-refractivity contribution in [3.63, 3.8) is 0 Å². The molecule has 0 aromatic rings. The molecule has 0 radical (unpaired) electrons. The van der Waals surface area contributed by atoms with Gasteiger partial charge in [0.2, 0.25) is 0 Å². The molecule has 8 heteroatoms. The molecule has 0 bridgehead atoms. The van der Waals surface area contributed by atoms with Crippen molar-refractivity contribution >= 4 is 48.6 Å². The third kappa shape index (κ3) is 3.00. The monoisotopic (exact) mass is 294 g/mol. The van der Waals surface area contributed by atoms with Gasteiger partial charge in [-0.25, -0.2) is 0 Å². The lowest BCUT2D eigenvalue weighted by Gasteiger charge is -2.41. The second-order valence-corrected chi connectivity index (χ2v) is 18.2. The van der Waals surface area contributed by atoms with Gasteiger partial charge < -0.3 is 13.3 Å². The van der Waals surface area contributed by atoms with E-state index in [4.69, 9.17) is 13.3 Å². The number of rotatable bonds is 7. The van der Waals surface area contributed by atoms with Gasteiger partial charge in [-0.05, 0) is 22.0 Å². The van der Waals surface area contributed by atoms with Gasteiger partial charge in [0.15, 0.2) is 0 Å². The molecule has 0 aromatic carbocycles. The van der Waals surface area contributed by atoms with Crippen molar-refractivity contribution in [2.75, 3.05) is 27.1 Å². The highest BCUT2D eigenvalue weighted by molar-refractivity contribution is 9.40. The van der Waals surface area contributed by atoms with Gasteiger partial charge in [0, 0.05) is 21.3 Å². The third-order valence-corrected chi connectivity index (χ3v) is 21.4. The van der Waals surface area contributed by atoms with Gasteiger partial charge in [0.25, 0.3) is 0 Å². The van der Waals surface area contributed by atoms with E-state index in [2.05, 4.69) is 30.2 Å². The van der Waals surface area contributed by atoms with E-state index in [0.29, 0.717) is 0 Å². The fourth-order valence-corrected chi connectivity index (χ4v) is 16.4. The van der Waals surface area contributed by atoms with Gasteiger partial charge >= 0.3 is 7.95 Å². The average Bonchev–Trinajstić information content (AvgIpc) is 2.21. The number of thiol groups is 2. The van der Waals surface area contributed by atoms with Crippen LogP contribution in [0.2, 0.25) is 0 Å². The maximum absolute atomic E-state index is 5.43. The van der Waals surface area contributed by atoms with E-state index in [0.717, 1.165) is 12.2 Å². The Hall–Kier alpha value is 1.50. The molecule has 0 aromatic heterocycles. The van der Waals surface area contributed by atoms with Crippen molar-refractivity contribution in [2.45, 2.75) is 13.3 Å². The van der Waals surface area contributed by atoms with Crippen molar-refractivity contribution in [1.82, 2.24) is 0 Å². The van der Waals surface area contributed by atoms with E-state index in [1.54, 1.807) is 21.3 Å². The molecule has 0 rings (SSSR count). The van der Waals surface area contributed by atoms with Gasteiger partial charge in [0.05, 0.1) is 0 Å². The summed E-state index contributed by atoms with van der Waals surface area (Å²) in [7, 11) is 2.14. The molecule has 0 saturated carbocycles. The number of hydrogen-bond acceptors (Lipinski definition) is 6. The standard InChI is InChI=1S/C6H18O3S4Si/c1-5-6-13(11,12-10)14(7-2,8-3)9-4/h10-11H,5-6H2,1-4H3. The lowest BCUT2D eigenvalue weighted by Crippen LogP contribution is -2.46. The zero-order valence-corrected chi connectivity index (χ0v) is 13.3.